The fourth-order valence-corrected chi connectivity index (χ4v) is 3.25. The lowest BCUT2D eigenvalue weighted by Gasteiger charge is -2.18. The van der Waals surface area contributed by atoms with Crippen molar-refractivity contribution in [1.82, 2.24) is 4.98 Å². The van der Waals surface area contributed by atoms with Crippen LogP contribution in [0.5, 0.6) is 11.5 Å². The molecule has 0 fully saturated rings. The van der Waals surface area contributed by atoms with Gasteiger partial charge in [-0.2, -0.15) is 0 Å². The number of carboxylic acid groups (broad SMARTS) is 2. The number of hydrogen-bond donors (Lipinski definition) is 4. The topological polar surface area (TPSA) is 152 Å². The predicted octanol–water partition coefficient (Wildman–Crippen LogP) is 2.92. The van der Waals surface area contributed by atoms with E-state index in [1.54, 1.807) is 13.0 Å². The highest BCUT2D eigenvalue weighted by Gasteiger charge is 2.28. The first kappa shape index (κ1) is 21.4. The summed E-state index contributed by atoms with van der Waals surface area (Å²) < 4.78 is 11.2. The van der Waals surface area contributed by atoms with Crippen LogP contribution in [0.3, 0.4) is 0 Å². The van der Waals surface area contributed by atoms with Crippen LogP contribution in [-0.2, 0) is 6.61 Å². The number of aromatic nitrogens is 1. The van der Waals surface area contributed by atoms with E-state index >= 15 is 0 Å². The molecule has 0 saturated carbocycles. The van der Waals surface area contributed by atoms with Gasteiger partial charge in [0.05, 0.1) is 7.11 Å². The number of rotatable bonds is 7. The van der Waals surface area contributed by atoms with E-state index in [0.29, 0.717) is 11.3 Å². The summed E-state index contributed by atoms with van der Waals surface area (Å²) in [6.07, 6.45) is 0. The maximum absolute atomic E-state index is 12.3. The van der Waals surface area contributed by atoms with E-state index in [2.05, 4.69) is 4.98 Å². The smallest absolute Gasteiger partial charge is 0.342 e. The number of aryl methyl sites for hydroxylation is 1. The third kappa shape index (κ3) is 4.20. The van der Waals surface area contributed by atoms with Crippen LogP contribution in [0, 0.1) is 6.92 Å². The van der Waals surface area contributed by atoms with Gasteiger partial charge in [0.25, 0.3) is 5.56 Å². The summed E-state index contributed by atoms with van der Waals surface area (Å²) in [5.74, 6) is -2.89. The van der Waals surface area contributed by atoms with E-state index in [-0.39, 0.29) is 23.5 Å². The normalized spacial score (nSPS) is 10.5. The molecule has 0 radical (unpaired) electrons. The summed E-state index contributed by atoms with van der Waals surface area (Å²) in [5, 5.41) is 19.3. The summed E-state index contributed by atoms with van der Waals surface area (Å²) >= 11 is 0. The lowest BCUT2D eigenvalue weighted by molar-refractivity contribution is 0.0695. The molecule has 0 unspecified atom stereocenters. The van der Waals surface area contributed by atoms with Crippen LogP contribution in [0.15, 0.2) is 47.3 Å². The van der Waals surface area contributed by atoms with Crippen molar-refractivity contribution in [3.63, 3.8) is 0 Å². The molecule has 0 saturated heterocycles. The number of hydrogen-bond acceptors (Lipinski definition) is 6. The first-order valence-corrected chi connectivity index (χ1v) is 9.12. The highest BCUT2D eigenvalue weighted by molar-refractivity contribution is 6.07. The molecule has 0 amide bonds. The van der Waals surface area contributed by atoms with Crippen LogP contribution in [0.4, 0.5) is 5.82 Å². The van der Waals surface area contributed by atoms with Crippen molar-refractivity contribution in [3.8, 4) is 22.6 Å². The van der Waals surface area contributed by atoms with Crippen LogP contribution in [0.25, 0.3) is 11.1 Å². The Bertz CT molecular complexity index is 1220. The number of nitrogen functional groups attached to an aromatic ring is 1. The molecule has 0 aliphatic rings. The minimum atomic E-state index is -1.58. The fourth-order valence-electron chi connectivity index (χ4n) is 3.25. The van der Waals surface area contributed by atoms with Crippen molar-refractivity contribution in [2.75, 3.05) is 12.8 Å². The number of H-pyrrole nitrogens is 1. The molecule has 3 rings (SSSR count). The highest BCUT2D eigenvalue weighted by atomic mass is 16.5. The number of methoxy groups -OCH3 is 1. The van der Waals surface area contributed by atoms with Gasteiger partial charge >= 0.3 is 11.9 Å². The number of anilines is 1. The van der Waals surface area contributed by atoms with Gasteiger partial charge in [0.1, 0.15) is 23.6 Å². The zero-order valence-electron chi connectivity index (χ0n) is 16.8. The van der Waals surface area contributed by atoms with Crippen LogP contribution < -0.4 is 20.8 Å². The maximum Gasteiger partial charge on any atom is 0.342 e. The lowest BCUT2D eigenvalue weighted by atomic mass is 9.92. The standard InChI is InChI=1S/C22H20N2O7/c1-11-8-14(30-2)15(31-10-12-6-4-3-5-7-12)9-13(11)16-17(21(26)27)19(23)24-20(25)18(16)22(28)29/h3-9H,10H2,1-2H3,(H,26,27)(H,28,29)(H3,23,24,25). The second-order valence-electron chi connectivity index (χ2n) is 6.70. The molecule has 1 aromatic heterocycles. The van der Waals surface area contributed by atoms with Gasteiger partial charge < -0.3 is 30.4 Å². The predicted molar refractivity (Wildman–Crippen MR) is 113 cm³/mol. The molecule has 0 bridgehead atoms. The molecule has 0 spiro atoms. The first-order chi connectivity index (χ1) is 14.7. The number of ether oxygens (including phenoxy) is 2. The van der Waals surface area contributed by atoms with Gasteiger partial charge in [-0.05, 0) is 35.7 Å². The number of pyridine rings is 1. The average molecular weight is 424 g/mol. The van der Waals surface area contributed by atoms with Crippen molar-refractivity contribution >= 4 is 17.8 Å². The first-order valence-electron chi connectivity index (χ1n) is 9.12. The van der Waals surface area contributed by atoms with Crippen molar-refractivity contribution in [1.29, 1.82) is 0 Å². The minimum absolute atomic E-state index is 0.177. The number of carbonyl (C=O) groups is 2. The summed E-state index contributed by atoms with van der Waals surface area (Å²) in [6.45, 7) is 1.82. The van der Waals surface area contributed by atoms with E-state index in [1.807, 2.05) is 30.3 Å². The monoisotopic (exact) mass is 424 g/mol. The second-order valence-corrected chi connectivity index (χ2v) is 6.70. The third-order valence-electron chi connectivity index (χ3n) is 4.69. The van der Waals surface area contributed by atoms with E-state index in [1.165, 1.54) is 13.2 Å². The quantitative estimate of drug-likeness (QED) is 0.452. The highest BCUT2D eigenvalue weighted by Crippen LogP contribution is 2.39. The molecule has 0 aliphatic carbocycles. The molecule has 9 heteroatoms. The Hall–Kier alpha value is -4.27. The summed E-state index contributed by atoms with van der Waals surface area (Å²) in [7, 11) is 1.44. The van der Waals surface area contributed by atoms with Crippen molar-refractivity contribution in [2.24, 2.45) is 0 Å². The SMILES string of the molecule is COc1cc(C)c(-c2c(C(=O)O)c(N)[nH]c(=O)c2C(=O)O)cc1OCc1ccccc1. The molecule has 3 aromatic rings. The van der Waals surface area contributed by atoms with Crippen LogP contribution in [0.1, 0.15) is 31.8 Å². The van der Waals surface area contributed by atoms with Gasteiger partial charge in [0, 0.05) is 5.56 Å². The summed E-state index contributed by atoms with van der Waals surface area (Å²) in [5.41, 5.74) is 4.70. The number of nitrogens with two attached hydrogens (primary N) is 1. The number of benzene rings is 2. The van der Waals surface area contributed by atoms with Crippen LogP contribution in [0.2, 0.25) is 0 Å². The number of nitrogens with one attached hydrogen (secondary N) is 1. The average Bonchev–Trinajstić information content (AvgIpc) is 2.72. The van der Waals surface area contributed by atoms with E-state index < -0.39 is 34.4 Å². The van der Waals surface area contributed by atoms with Crippen molar-refractivity contribution < 1.29 is 29.3 Å². The molecule has 9 nitrogen and oxygen atoms in total. The molecule has 2 aromatic carbocycles. The molecule has 31 heavy (non-hydrogen) atoms. The number of aromatic carboxylic acids is 2. The lowest BCUT2D eigenvalue weighted by Crippen LogP contribution is -2.24. The van der Waals surface area contributed by atoms with E-state index in [9.17, 15) is 24.6 Å². The van der Waals surface area contributed by atoms with Gasteiger partial charge in [0.2, 0.25) is 0 Å². The Morgan fingerprint density at radius 1 is 1.03 bits per heavy atom. The number of aromatic amines is 1. The van der Waals surface area contributed by atoms with Crippen molar-refractivity contribution in [3.05, 3.63) is 75.1 Å². The molecule has 5 N–H and O–H groups in total. The molecule has 1 heterocycles. The molecule has 0 aliphatic heterocycles. The Labute approximate surface area is 176 Å². The molecular weight excluding hydrogens is 404 g/mol. The number of carboxylic acids is 2. The van der Waals surface area contributed by atoms with Gasteiger partial charge in [-0.3, -0.25) is 4.79 Å². The van der Waals surface area contributed by atoms with Gasteiger partial charge in [-0.25, -0.2) is 9.59 Å². The summed E-state index contributed by atoms with van der Waals surface area (Å²) in [6, 6.07) is 12.3. The maximum atomic E-state index is 12.3. The molecule has 160 valence electrons. The zero-order chi connectivity index (χ0) is 22.7. The Kier molecular flexibility index (Phi) is 5.96. The minimum Gasteiger partial charge on any atom is -0.493 e. The Balaban J connectivity index is 2.24. The van der Waals surface area contributed by atoms with Gasteiger partial charge in [0.15, 0.2) is 11.5 Å². The third-order valence-corrected chi connectivity index (χ3v) is 4.69. The Morgan fingerprint density at radius 2 is 1.68 bits per heavy atom. The largest absolute Gasteiger partial charge is 0.493 e. The molecule has 0 atom stereocenters. The van der Waals surface area contributed by atoms with Crippen molar-refractivity contribution in [2.45, 2.75) is 13.5 Å². The van der Waals surface area contributed by atoms with E-state index in [0.717, 1.165) is 5.56 Å². The van der Waals surface area contributed by atoms with Gasteiger partial charge in [-0.1, -0.05) is 30.3 Å². The zero-order valence-corrected chi connectivity index (χ0v) is 16.8. The van der Waals surface area contributed by atoms with Gasteiger partial charge in [-0.15, -0.1) is 0 Å². The Morgan fingerprint density at radius 3 is 2.26 bits per heavy atom. The van der Waals surface area contributed by atoms with E-state index in [4.69, 9.17) is 15.2 Å². The van der Waals surface area contributed by atoms with Crippen LogP contribution >= 0.6 is 0 Å². The fraction of sp³-hybridized carbons (Fsp3) is 0.136. The van der Waals surface area contributed by atoms with Crippen LogP contribution in [-0.4, -0.2) is 34.2 Å². The molecular formula is C22H20N2O7. The second kappa shape index (κ2) is 8.62. The summed E-state index contributed by atoms with van der Waals surface area (Å²) in [4.78, 5) is 38.1.